The van der Waals surface area contributed by atoms with Gasteiger partial charge in [0.2, 0.25) is 5.91 Å². The van der Waals surface area contributed by atoms with Gasteiger partial charge in [0.25, 0.3) is 0 Å². The highest BCUT2D eigenvalue weighted by atomic mass is 32.2. The monoisotopic (exact) mass is 436 g/mol. The molecule has 0 radical (unpaired) electrons. The van der Waals surface area contributed by atoms with Gasteiger partial charge in [0, 0.05) is 48.5 Å². The highest BCUT2D eigenvalue weighted by Crippen LogP contribution is 2.40. The quantitative estimate of drug-likeness (QED) is 0.569. The van der Waals surface area contributed by atoms with E-state index in [0.29, 0.717) is 6.04 Å². The SMILES string of the molecule is O=C(CSc1nnc(-c2cccnc2)n1C1CC1)Nc1ccc(N2CCOCC2)cc1. The summed E-state index contributed by atoms with van der Waals surface area (Å²) in [5.41, 5.74) is 2.89. The minimum absolute atomic E-state index is 0.0580. The predicted molar refractivity (Wildman–Crippen MR) is 120 cm³/mol. The predicted octanol–water partition coefficient (Wildman–Crippen LogP) is 3.24. The zero-order valence-corrected chi connectivity index (χ0v) is 17.9. The number of anilines is 2. The van der Waals surface area contributed by atoms with E-state index < -0.39 is 0 Å². The Morgan fingerprint density at radius 1 is 1.13 bits per heavy atom. The summed E-state index contributed by atoms with van der Waals surface area (Å²) in [6.07, 6.45) is 5.76. The molecule has 1 saturated carbocycles. The van der Waals surface area contributed by atoms with Crippen molar-refractivity contribution in [1.29, 1.82) is 0 Å². The van der Waals surface area contributed by atoms with E-state index in [9.17, 15) is 4.79 Å². The van der Waals surface area contributed by atoms with Crippen LogP contribution in [0.3, 0.4) is 0 Å². The number of aromatic nitrogens is 4. The molecule has 2 aromatic heterocycles. The first-order valence-electron chi connectivity index (χ1n) is 10.5. The molecule has 8 nitrogen and oxygen atoms in total. The van der Waals surface area contributed by atoms with E-state index in [4.69, 9.17) is 4.74 Å². The molecule has 0 bridgehead atoms. The van der Waals surface area contributed by atoms with Gasteiger partial charge < -0.3 is 15.0 Å². The first kappa shape index (κ1) is 20.0. The topological polar surface area (TPSA) is 85.2 Å². The fraction of sp³-hybridized carbons (Fsp3) is 0.364. The number of hydrogen-bond acceptors (Lipinski definition) is 7. The van der Waals surface area contributed by atoms with Gasteiger partial charge in [-0.2, -0.15) is 0 Å². The molecule has 1 N–H and O–H groups in total. The van der Waals surface area contributed by atoms with Crippen molar-refractivity contribution in [3.05, 3.63) is 48.8 Å². The Hall–Kier alpha value is -2.91. The fourth-order valence-corrected chi connectivity index (χ4v) is 4.44. The summed E-state index contributed by atoms with van der Waals surface area (Å²) in [6.45, 7) is 3.30. The van der Waals surface area contributed by atoms with E-state index in [2.05, 4.69) is 30.0 Å². The van der Waals surface area contributed by atoms with Crippen molar-refractivity contribution >= 4 is 29.0 Å². The standard InChI is InChI=1S/C22H24N6O2S/c29-20(24-17-3-5-18(6-4-17)27-10-12-30-13-11-27)15-31-22-26-25-21(28(22)19-7-8-19)16-2-1-9-23-14-16/h1-6,9,14,19H,7-8,10-13,15H2,(H,24,29). The van der Waals surface area contributed by atoms with Crippen molar-refractivity contribution in [3.63, 3.8) is 0 Å². The summed E-state index contributed by atoms with van der Waals surface area (Å²) in [7, 11) is 0. The van der Waals surface area contributed by atoms with Crippen LogP contribution in [0.4, 0.5) is 11.4 Å². The van der Waals surface area contributed by atoms with E-state index in [1.54, 1.807) is 12.4 Å². The Morgan fingerprint density at radius 3 is 2.65 bits per heavy atom. The average Bonchev–Trinajstić information content (AvgIpc) is 3.58. The van der Waals surface area contributed by atoms with Gasteiger partial charge in [0.1, 0.15) is 0 Å². The van der Waals surface area contributed by atoms with E-state index in [1.165, 1.54) is 11.8 Å². The lowest BCUT2D eigenvalue weighted by molar-refractivity contribution is -0.113. The highest BCUT2D eigenvalue weighted by Gasteiger charge is 2.30. The molecule has 5 rings (SSSR count). The number of morpholine rings is 1. The van der Waals surface area contributed by atoms with Crippen LogP contribution in [0.2, 0.25) is 0 Å². The number of carbonyl (C=O) groups is 1. The van der Waals surface area contributed by atoms with Crippen LogP contribution < -0.4 is 10.2 Å². The molecule has 0 spiro atoms. The van der Waals surface area contributed by atoms with Crippen LogP contribution in [0.1, 0.15) is 18.9 Å². The average molecular weight is 437 g/mol. The second-order valence-corrected chi connectivity index (χ2v) is 8.57. The molecule has 0 unspecified atom stereocenters. The summed E-state index contributed by atoms with van der Waals surface area (Å²) < 4.78 is 7.54. The van der Waals surface area contributed by atoms with Gasteiger partial charge in [-0.15, -0.1) is 10.2 Å². The van der Waals surface area contributed by atoms with Gasteiger partial charge in [0.15, 0.2) is 11.0 Å². The van der Waals surface area contributed by atoms with Crippen molar-refractivity contribution < 1.29 is 9.53 Å². The van der Waals surface area contributed by atoms with Gasteiger partial charge in [-0.05, 0) is 49.2 Å². The van der Waals surface area contributed by atoms with Gasteiger partial charge in [-0.25, -0.2) is 0 Å². The maximum Gasteiger partial charge on any atom is 0.234 e. The maximum absolute atomic E-state index is 12.5. The molecule has 1 aromatic carbocycles. The lowest BCUT2D eigenvalue weighted by Crippen LogP contribution is -2.36. The van der Waals surface area contributed by atoms with Crippen molar-refractivity contribution in [2.75, 3.05) is 42.3 Å². The molecule has 1 aliphatic heterocycles. The zero-order valence-electron chi connectivity index (χ0n) is 17.1. The van der Waals surface area contributed by atoms with Crippen LogP contribution in [0.25, 0.3) is 11.4 Å². The number of benzene rings is 1. The molecule has 1 amide bonds. The Balaban J connectivity index is 1.21. The van der Waals surface area contributed by atoms with Gasteiger partial charge in [-0.1, -0.05) is 11.8 Å². The fourth-order valence-electron chi connectivity index (χ4n) is 3.63. The molecule has 0 atom stereocenters. The number of pyridine rings is 1. The number of hydrogen-bond donors (Lipinski definition) is 1. The molecule has 2 aliphatic rings. The van der Waals surface area contributed by atoms with Crippen molar-refractivity contribution in [2.24, 2.45) is 0 Å². The minimum Gasteiger partial charge on any atom is -0.378 e. The molecule has 3 aromatic rings. The first-order valence-corrected chi connectivity index (χ1v) is 11.5. The van der Waals surface area contributed by atoms with Gasteiger partial charge in [-0.3, -0.25) is 14.3 Å². The Bertz CT molecular complexity index is 1030. The second kappa shape index (κ2) is 9.07. The number of ether oxygens (including phenoxy) is 1. The third kappa shape index (κ3) is 4.72. The summed E-state index contributed by atoms with van der Waals surface area (Å²) >= 11 is 1.42. The minimum atomic E-state index is -0.0580. The number of rotatable bonds is 7. The summed E-state index contributed by atoms with van der Waals surface area (Å²) in [5, 5.41) is 12.5. The normalized spacial score (nSPS) is 16.3. The molecular formula is C22H24N6O2S. The third-order valence-electron chi connectivity index (χ3n) is 5.36. The number of nitrogens with one attached hydrogen (secondary N) is 1. The third-order valence-corrected chi connectivity index (χ3v) is 6.30. The molecule has 2 fully saturated rings. The Labute approximate surface area is 185 Å². The van der Waals surface area contributed by atoms with Crippen LogP contribution in [0.5, 0.6) is 0 Å². The molecule has 9 heteroatoms. The zero-order chi connectivity index (χ0) is 21.0. The van der Waals surface area contributed by atoms with Crippen molar-refractivity contribution in [1.82, 2.24) is 19.7 Å². The largest absolute Gasteiger partial charge is 0.378 e. The van der Waals surface area contributed by atoms with E-state index in [0.717, 1.165) is 67.1 Å². The van der Waals surface area contributed by atoms with E-state index in [1.807, 2.05) is 36.4 Å². The van der Waals surface area contributed by atoms with Crippen LogP contribution >= 0.6 is 11.8 Å². The van der Waals surface area contributed by atoms with Crippen LogP contribution in [0.15, 0.2) is 53.9 Å². The molecule has 31 heavy (non-hydrogen) atoms. The molecule has 1 aliphatic carbocycles. The summed E-state index contributed by atoms with van der Waals surface area (Å²) in [4.78, 5) is 19.0. The van der Waals surface area contributed by atoms with Crippen molar-refractivity contribution in [3.8, 4) is 11.4 Å². The summed E-state index contributed by atoms with van der Waals surface area (Å²) in [6, 6.07) is 12.3. The second-order valence-electron chi connectivity index (χ2n) is 7.63. The Morgan fingerprint density at radius 2 is 1.94 bits per heavy atom. The highest BCUT2D eigenvalue weighted by molar-refractivity contribution is 7.99. The smallest absolute Gasteiger partial charge is 0.234 e. The summed E-state index contributed by atoms with van der Waals surface area (Å²) in [5.74, 6) is 1.04. The van der Waals surface area contributed by atoms with E-state index in [-0.39, 0.29) is 11.7 Å². The number of nitrogens with zero attached hydrogens (tertiary/aromatic N) is 5. The van der Waals surface area contributed by atoms with Crippen molar-refractivity contribution in [2.45, 2.75) is 24.0 Å². The molecule has 3 heterocycles. The number of amides is 1. The number of thioether (sulfide) groups is 1. The Kier molecular flexibility index (Phi) is 5.86. The van der Waals surface area contributed by atoms with Gasteiger partial charge >= 0.3 is 0 Å². The molecular weight excluding hydrogens is 412 g/mol. The number of carbonyl (C=O) groups excluding carboxylic acids is 1. The first-order chi connectivity index (χ1) is 15.3. The van der Waals surface area contributed by atoms with Gasteiger partial charge in [0.05, 0.1) is 19.0 Å². The lowest BCUT2D eigenvalue weighted by Gasteiger charge is -2.28. The van der Waals surface area contributed by atoms with Crippen LogP contribution in [-0.2, 0) is 9.53 Å². The van der Waals surface area contributed by atoms with Crippen LogP contribution in [-0.4, -0.2) is 57.7 Å². The van der Waals surface area contributed by atoms with Crippen LogP contribution in [0, 0.1) is 0 Å². The molecule has 1 saturated heterocycles. The maximum atomic E-state index is 12.5. The van der Waals surface area contributed by atoms with E-state index >= 15 is 0 Å². The lowest BCUT2D eigenvalue weighted by atomic mass is 10.2. The molecule has 160 valence electrons.